The lowest BCUT2D eigenvalue weighted by Gasteiger charge is -2.24. The maximum atomic E-state index is 14.3. The molecule has 0 atom stereocenters. The molecule has 0 N–H and O–H groups in total. The zero-order valence-corrected chi connectivity index (χ0v) is 19.7. The highest BCUT2D eigenvalue weighted by Gasteiger charge is 2.18. The molecule has 3 nitrogen and oxygen atoms in total. The second kappa shape index (κ2) is 11.8. The molecule has 0 bridgehead atoms. The molecular weight excluding hydrogens is 397 g/mol. The number of nitrogens with zero attached hydrogens (tertiary/aromatic N) is 3. The van der Waals surface area contributed by atoms with E-state index in [1.54, 1.807) is 12.3 Å². The average molecular weight is 434 g/mol. The number of unbranched alkanes of at least 4 members (excludes halogenated alkanes) is 2. The topological polar surface area (TPSA) is 30.7 Å². The molecule has 0 spiro atoms. The van der Waals surface area contributed by atoms with Gasteiger partial charge in [-0.1, -0.05) is 56.7 Å². The lowest BCUT2D eigenvalue weighted by molar-refractivity contribution is 0.287. The van der Waals surface area contributed by atoms with Crippen LogP contribution in [0.1, 0.15) is 70.6 Å². The Morgan fingerprint density at radius 2 is 1.75 bits per heavy atom. The summed E-state index contributed by atoms with van der Waals surface area (Å²) in [5.41, 5.74) is 3.82. The van der Waals surface area contributed by atoms with Gasteiger partial charge in [-0.25, -0.2) is 4.39 Å². The zero-order valence-electron chi connectivity index (χ0n) is 19.7. The second-order valence-corrected chi connectivity index (χ2v) is 9.32. The van der Waals surface area contributed by atoms with Crippen LogP contribution >= 0.6 is 0 Å². The monoisotopic (exact) mass is 433 g/mol. The predicted molar refractivity (Wildman–Crippen MR) is 131 cm³/mol. The van der Waals surface area contributed by atoms with Crippen LogP contribution in [0.4, 0.5) is 4.39 Å². The van der Waals surface area contributed by atoms with Gasteiger partial charge in [0.15, 0.2) is 0 Å². The minimum Gasteiger partial charge on any atom is -0.264 e. The lowest BCUT2D eigenvalue weighted by atomic mass is 9.82. The quantitative estimate of drug-likeness (QED) is 0.217. The number of allylic oxidation sites excluding steroid dienone is 2. The third kappa shape index (κ3) is 7.15. The summed E-state index contributed by atoms with van der Waals surface area (Å²) >= 11 is 0. The van der Waals surface area contributed by atoms with Crippen LogP contribution in [0.25, 0.3) is 11.4 Å². The van der Waals surface area contributed by atoms with Crippen molar-refractivity contribution in [3.05, 3.63) is 84.0 Å². The van der Waals surface area contributed by atoms with Crippen molar-refractivity contribution in [2.24, 2.45) is 5.41 Å². The van der Waals surface area contributed by atoms with Crippen molar-refractivity contribution in [2.75, 3.05) is 0 Å². The molecule has 0 saturated heterocycles. The van der Waals surface area contributed by atoms with E-state index in [4.69, 9.17) is 5.10 Å². The normalized spacial score (nSPS) is 12.0. The molecule has 0 aliphatic carbocycles. The first-order valence-electron chi connectivity index (χ1n) is 11.8. The van der Waals surface area contributed by atoms with Crippen LogP contribution in [0.3, 0.4) is 0 Å². The number of aryl methyl sites for hydroxylation is 1. The minimum absolute atomic E-state index is 0.188. The molecule has 0 amide bonds. The number of halogens is 1. The molecule has 0 radical (unpaired) electrons. The molecule has 2 heterocycles. The summed E-state index contributed by atoms with van der Waals surface area (Å²) in [7, 11) is 0. The average Bonchev–Trinajstić information content (AvgIpc) is 3.18. The van der Waals surface area contributed by atoms with Crippen LogP contribution in [-0.4, -0.2) is 14.8 Å². The van der Waals surface area contributed by atoms with E-state index in [1.807, 2.05) is 35.0 Å². The maximum absolute atomic E-state index is 14.3. The molecule has 0 unspecified atom stereocenters. The van der Waals surface area contributed by atoms with Crippen molar-refractivity contribution in [1.29, 1.82) is 0 Å². The summed E-state index contributed by atoms with van der Waals surface area (Å²) in [5, 5.41) is 4.79. The van der Waals surface area contributed by atoms with E-state index < -0.39 is 0 Å². The Morgan fingerprint density at radius 1 is 0.969 bits per heavy atom. The van der Waals surface area contributed by atoms with E-state index in [1.165, 1.54) is 38.2 Å². The Hall–Kier alpha value is -2.75. The van der Waals surface area contributed by atoms with Crippen LogP contribution in [0, 0.1) is 11.2 Å². The third-order valence-electron chi connectivity index (χ3n) is 6.07. The van der Waals surface area contributed by atoms with Crippen LogP contribution < -0.4 is 0 Å². The van der Waals surface area contributed by atoms with Crippen LogP contribution in [0.2, 0.25) is 0 Å². The fourth-order valence-corrected chi connectivity index (χ4v) is 4.13. The fourth-order valence-electron chi connectivity index (χ4n) is 4.13. The Labute approximate surface area is 192 Å². The molecule has 170 valence electrons. The lowest BCUT2D eigenvalue weighted by Crippen LogP contribution is -2.13. The van der Waals surface area contributed by atoms with Crippen LogP contribution in [0.5, 0.6) is 0 Å². The molecule has 32 heavy (non-hydrogen) atoms. The predicted octanol–water partition coefficient (Wildman–Crippen LogP) is 7.62. The van der Waals surface area contributed by atoms with E-state index >= 15 is 0 Å². The molecule has 3 rings (SSSR count). The number of hydrogen-bond donors (Lipinski definition) is 0. The van der Waals surface area contributed by atoms with E-state index in [0.29, 0.717) is 17.5 Å². The van der Waals surface area contributed by atoms with E-state index in [-0.39, 0.29) is 5.82 Å². The summed E-state index contributed by atoms with van der Waals surface area (Å²) in [6.07, 6.45) is 14.3. The number of benzene rings is 1. The Kier molecular flexibility index (Phi) is 8.78. The molecule has 0 saturated carbocycles. The first kappa shape index (κ1) is 23.9. The van der Waals surface area contributed by atoms with Gasteiger partial charge in [-0.05, 0) is 75.1 Å². The van der Waals surface area contributed by atoms with Crippen molar-refractivity contribution >= 4 is 0 Å². The number of aromatic nitrogens is 3. The highest BCUT2D eigenvalue weighted by atomic mass is 19.1. The van der Waals surface area contributed by atoms with Crippen molar-refractivity contribution in [3.63, 3.8) is 0 Å². The third-order valence-corrected chi connectivity index (χ3v) is 6.07. The van der Waals surface area contributed by atoms with Crippen LogP contribution in [0.15, 0.2) is 66.9 Å². The van der Waals surface area contributed by atoms with Gasteiger partial charge in [0.05, 0.1) is 12.2 Å². The Balaban J connectivity index is 1.67. The van der Waals surface area contributed by atoms with Gasteiger partial charge in [0.25, 0.3) is 0 Å². The Bertz CT molecular complexity index is 989. The van der Waals surface area contributed by atoms with E-state index in [0.717, 1.165) is 29.9 Å². The van der Waals surface area contributed by atoms with E-state index in [9.17, 15) is 4.39 Å². The van der Waals surface area contributed by atoms with Gasteiger partial charge in [-0.3, -0.25) is 9.67 Å². The molecule has 4 heteroatoms. The van der Waals surface area contributed by atoms with Gasteiger partial charge in [0.1, 0.15) is 11.5 Å². The first-order chi connectivity index (χ1) is 15.5. The second-order valence-electron chi connectivity index (χ2n) is 9.32. The summed E-state index contributed by atoms with van der Waals surface area (Å²) in [6.45, 7) is 7.26. The van der Waals surface area contributed by atoms with Gasteiger partial charge in [0.2, 0.25) is 0 Å². The van der Waals surface area contributed by atoms with E-state index in [2.05, 4.69) is 44.0 Å². The summed E-state index contributed by atoms with van der Waals surface area (Å²) in [4.78, 5) is 4.45. The van der Waals surface area contributed by atoms with Crippen molar-refractivity contribution in [1.82, 2.24) is 14.8 Å². The summed E-state index contributed by atoms with van der Waals surface area (Å²) in [6, 6.07) is 14.9. The molecule has 0 aliphatic heterocycles. The van der Waals surface area contributed by atoms with Gasteiger partial charge < -0.3 is 0 Å². The maximum Gasteiger partial charge on any atom is 0.128 e. The van der Waals surface area contributed by atoms with Gasteiger partial charge in [-0.2, -0.15) is 5.10 Å². The highest BCUT2D eigenvalue weighted by molar-refractivity contribution is 5.54. The number of hydrogen-bond acceptors (Lipinski definition) is 2. The SMILES string of the molecule is CC=CCCCCC(C)(C)CCCc1cc(-c2ccccn2)nn1Cc1ccccc1F. The van der Waals surface area contributed by atoms with Crippen LogP contribution in [-0.2, 0) is 13.0 Å². The Morgan fingerprint density at radius 3 is 2.50 bits per heavy atom. The summed E-state index contributed by atoms with van der Waals surface area (Å²) < 4.78 is 16.2. The molecule has 0 fully saturated rings. The molecule has 1 aromatic carbocycles. The largest absolute Gasteiger partial charge is 0.264 e. The standard InChI is InChI=1S/C28H36FN3/c1-4-5-6-7-11-18-28(2,3)19-13-15-24-21-27(26-17-10-12-20-30-26)31-32(24)22-23-14-8-9-16-25(23)29/h4-5,8-10,12,14,16-17,20-21H,6-7,11,13,15,18-19,22H2,1-3H3. The molecule has 2 aromatic heterocycles. The fraction of sp³-hybridized carbons (Fsp3) is 0.429. The van der Waals surface area contributed by atoms with Gasteiger partial charge >= 0.3 is 0 Å². The number of pyridine rings is 1. The molecule has 3 aromatic rings. The van der Waals surface area contributed by atoms with Crippen molar-refractivity contribution in [3.8, 4) is 11.4 Å². The van der Waals surface area contributed by atoms with Gasteiger partial charge in [-0.15, -0.1) is 0 Å². The zero-order chi connectivity index (χ0) is 22.8. The summed E-state index contributed by atoms with van der Waals surface area (Å²) in [5.74, 6) is -0.188. The van der Waals surface area contributed by atoms with Gasteiger partial charge in [0, 0.05) is 17.5 Å². The molecular formula is C28H36FN3. The van der Waals surface area contributed by atoms with Crippen molar-refractivity contribution < 1.29 is 4.39 Å². The highest BCUT2D eigenvalue weighted by Crippen LogP contribution is 2.30. The first-order valence-corrected chi connectivity index (χ1v) is 11.8. The number of rotatable bonds is 12. The smallest absolute Gasteiger partial charge is 0.128 e. The minimum atomic E-state index is -0.188. The molecule has 0 aliphatic rings. The van der Waals surface area contributed by atoms with Crippen molar-refractivity contribution in [2.45, 2.75) is 72.3 Å².